The average Bonchev–Trinajstić information content (AvgIpc) is 3.24. The average molecular weight is 414 g/mol. The third-order valence-electron chi connectivity index (χ3n) is 4.94. The van der Waals surface area contributed by atoms with Crippen molar-refractivity contribution >= 4 is 33.9 Å². The van der Waals surface area contributed by atoms with E-state index in [4.69, 9.17) is 4.99 Å². The third kappa shape index (κ3) is 6.78. The van der Waals surface area contributed by atoms with Gasteiger partial charge in [-0.05, 0) is 61.4 Å². The molecule has 1 aliphatic rings. The van der Waals surface area contributed by atoms with E-state index < -0.39 is 0 Å². The van der Waals surface area contributed by atoms with E-state index in [-0.39, 0.29) is 5.91 Å². The highest BCUT2D eigenvalue weighted by Crippen LogP contribution is 2.24. The van der Waals surface area contributed by atoms with Crippen molar-refractivity contribution in [2.24, 2.45) is 4.99 Å². The molecule has 3 rings (SSSR count). The van der Waals surface area contributed by atoms with Gasteiger partial charge in [-0.25, -0.2) is 0 Å². The Kier molecular flexibility index (Phi) is 7.93. The summed E-state index contributed by atoms with van der Waals surface area (Å²) in [6.45, 7) is 7.35. The quantitative estimate of drug-likeness (QED) is 0.480. The topological polar surface area (TPSA) is 68.8 Å². The molecule has 3 N–H and O–H groups in total. The summed E-state index contributed by atoms with van der Waals surface area (Å²) in [6, 6.07) is 12.7. The molecule has 2 aromatic rings. The lowest BCUT2D eigenvalue weighted by atomic mass is 10.1. The zero-order chi connectivity index (χ0) is 20.5. The number of amides is 1. The molecule has 156 valence electrons. The van der Waals surface area contributed by atoms with Crippen molar-refractivity contribution in [2.45, 2.75) is 39.2 Å². The van der Waals surface area contributed by atoms with Crippen LogP contribution in [-0.4, -0.2) is 44.1 Å². The van der Waals surface area contributed by atoms with Crippen LogP contribution in [0.5, 0.6) is 0 Å². The van der Waals surface area contributed by atoms with Crippen LogP contribution < -0.4 is 20.9 Å². The maximum atomic E-state index is 11.1. The normalized spacial score (nSPS) is 15.2. The van der Waals surface area contributed by atoms with Crippen molar-refractivity contribution in [3.63, 3.8) is 0 Å². The van der Waals surface area contributed by atoms with Gasteiger partial charge in [-0.3, -0.25) is 9.79 Å². The molecular formula is C22H31N5OS. The van der Waals surface area contributed by atoms with Gasteiger partial charge in [0.1, 0.15) is 0 Å². The smallest absolute Gasteiger partial charge is 0.221 e. The summed E-state index contributed by atoms with van der Waals surface area (Å²) in [6.07, 6.45) is 3.10. The van der Waals surface area contributed by atoms with E-state index >= 15 is 0 Å². The highest BCUT2D eigenvalue weighted by molar-refractivity contribution is 7.14. The molecule has 0 bridgehead atoms. The number of thiophene rings is 1. The number of piperidine rings is 1. The molecule has 1 saturated heterocycles. The van der Waals surface area contributed by atoms with Crippen LogP contribution in [0.2, 0.25) is 0 Å². The van der Waals surface area contributed by atoms with Crippen molar-refractivity contribution in [2.75, 3.05) is 36.4 Å². The highest BCUT2D eigenvalue weighted by Gasteiger charge is 2.20. The van der Waals surface area contributed by atoms with Gasteiger partial charge in [0.15, 0.2) is 5.96 Å². The number of benzene rings is 1. The van der Waals surface area contributed by atoms with E-state index in [0.29, 0.717) is 6.04 Å². The molecule has 1 aliphatic heterocycles. The van der Waals surface area contributed by atoms with Crippen LogP contribution >= 0.6 is 11.3 Å². The number of rotatable bonds is 7. The van der Waals surface area contributed by atoms with E-state index in [0.717, 1.165) is 57.1 Å². The Bertz CT molecular complexity index is 780. The van der Waals surface area contributed by atoms with Crippen molar-refractivity contribution < 1.29 is 4.79 Å². The third-order valence-corrected chi connectivity index (χ3v) is 5.87. The van der Waals surface area contributed by atoms with E-state index in [1.165, 1.54) is 17.5 Å². The zero-order valence-electron chi connectivity index (χ0n) is 17.3. The minimum Gasteiger partial charge on any atom is -0.363 e. The van der Waals surface area contributed by atoms with Gasteiger partial charge in [0.25, 0.3) is 0 Å². The van der Waals surface area contributed by atoms with Crippen LogP contribution in [0.1, 0.15) is 32.3 Å². The van der Waals surface area contributed by atoms with Crippen LogP contribution in [-0.2, 0) is 11.2 Å². The monoisotopic (exact) mass is 413 g/mol. The molecule has 1 aromatic carbocycles. The fourth-order valence-corrected chi connectivity index (χ4v) is 4.25. The summed E-state index contributed by atoms with van der Waals surface area (Å²) in [5.74, 6) is 0.849. The van der Waals surface area contributed by atoms with E-state index in [1.807, 2.05) is 35.6 Å². The van der Waals surface area contributed by atoms with Crippen molar-refractivity contribution in [3.05, 3.63) is 47.3 Å². The van der Waals surface area contributed by atoms with Crippen molar-refractivity contribution in [3.8, 4) is 0 Å². The first-order valence-electron chi connectivity index (χ1n) is 10.3. The molecular weight excluding hydrogens is 382 g/mol. The molecule has 1 fully saturated rings. The Morgan fingerprint density at radius 2 is 1.97 bits per heavy atom. The first-order valence-corrected chi connectivity index (χ1v) is 11.2. The van der Waals surface area contributed by atoms with Crippen molar-refractivity contribution in [1.82, 2.24) is 10.6 Å². The molecule has 2 heterocycles. The Morgan fingerprint density at radius 1 is 1.21 bits per heavy atom. The molecule has 1 aromatic heterocycles. The minimum absolute atomic E-state index is 0.0510. The zero-order valence-corrected chi connectivity index (χ0v) is 18.1. The number of carbonyl (C=O) groups is 1. The fourth-order valence-electron chi connectivity index (χ4n) is 3.46. The van der Waals surface area contributed by atoms with Crippen LogP contribution in [0.4, 0.5) is 10.7 Å². The summed E-state index contributed by atoms with van der Waals surface area (Å²) in [7, 11) is 0. The Hall–Kier alpha value is -2.54. The molecule has 0 atom stereocenters. The second-order valence-electron chi connectivity index (χ2n) is 7.25. The van der Waals surface area contributed by atoms with E-state index in [1.54, 1.807) is 0 Å². The predicted octanol–water partition coefficient (Wildman–Crippen LogP) is 3.47. The minimum atomic E-state index is -0.0510. The standard InChI is InChI=1S/C22H31N5OS/c1-3-23-22(24-13-10-18-6-8-19(9-7-18)25-17(2)28)26-20-11-14-27(15-12-20)21-5-4-16-29-21/h4-9,16,20H,3,10-15H2,1-2H3,(H,25,28)(H2,23,24,26). The Morgan fingerprint density at radius 3 is 2.59 bits per heavy atom. The second-order valence-corrected chi connectivity index (χ2v) is 8.17. The van der Waals surface area contributed by atoms with Gasteiger partial charge in [0, 0.05) is 44.8 Å². The number of nitrogens with zero attached hydrogens (tertiary/aromatic N) is 2. The van der Waals surface area contributed by atoms with Gasteiger partial charge >= 0.3 is 0 Å². The molecule has 0 spiro atoms. The van der Waals surface area contributed by atoms with Crippen LogP contribution in [0.25, 0.3) is 0 Å². The van der Waals surface area contributed by atoms with Gasteiger partial charge in [-0.2, -0.15) is 0 Å². The molecule has 29 heavy (non-hydrogen) atoms. The maximum absolute atomic E-state index is 11.1. The molecule has 0 radical (unpaired) electrons. The second kappa shape index (κ2) is 10.9. The molecule has 1 amide bonds. The number of aliphatic imine (C=N–C) groups is 1. The Balaban J connectivity index is 1.46. The van der Waals surface area contributed by atoms with Gasteiger partial charge in [0.2, 0.25) is 5.91 Å². The summed E-state index contributed by atoms with van der Waals surface area (Å²) in [5.41, 5.74) is 2.04. The van der Waals surface area contributed by atoms with Crippen LogP contribution in [0, 0.1) is 0 Å². The highest BCUT2D eigenvalue weighted by atomic mass is 32.1. The number of nitrogens with one attached hydrogen (secondary N) is 3. The first-order chi connectivity index (χ1) is 14.1. The lowest BCUT2D eigenvalue weighted by molar-refractivity contribution is -0.114. The number of hydrogen-bond acceptors (Lipinski definition) is 4. The lowest BCUT2D eigenvalue weighted by Crippen LogP contribution is -2.48. The number of anilines is 2. The molecule has 0 aliphatic carbocycles. The molecule has 6 nitrogen and oxygen atoms in total. The number of guanidine groups is 1. The van der Waals surface area contributed by atoms with Crippen LogP contribution in [0.15, 0.2) is 46.8 Å². The summed E-state index contributed by atoms with van der Waals surface area (Å²) in [4.78, 5) is 18.3. The number of hydrogen-bond donors (Lipinski definition) is 3. The number of carbonyl (C=O) groups excluding carboxylic acids is 1. The molecule has 0 saturated carbocycles. The van der Waals surface area contributed by atoms with Gasteiger partial charge in [-0.15, -0.1) is 11.3 Å². The Labute approximate surface area is 177 Å². The molecule has 7 heteroatoms. The van der Waals surface area contributed by atoms with Gasteiger partial charge in [0.05, 0.1) is 5.00 Å². The summed E-state index contributed by atoms with van der Waals surface area (Å²) >= 11 is 1.81. The summed E-state index contributed by atoms with van der Waals surface area (Å²) in [5, 5.41) is 13.3. The van der Waals surface area contributed by atoms with Crippen molar-refractivity contribution in [1.29, 1.82) is 0 Å². The fraction of sp³-hybridized carbons (Fsp3) is 0.455. The largest absolute Gasteiger partial charge is 0.363 e. The van der Waals surface area contributed by atoms with Crippen LogP contribution in [0.3, 0.4) is 0 Å². The van der Waals surface area contributed by atoms with E-state index in [2.05, 4.69) is 45.3 Å². The predicted molar refractivity (Wildman–Crippen MR) is 123 cm³/mol. The first kappa shape index (κ1) is 21.2. The summed E-state index contributed by atoms with van der Waals surface area (Å²) < 4.78 is 0. The van der Waals surface area contributed by atoms with Gasteiger partial charge in [-0.1, -0.05) is 12.1 Å². The maximum Gasteiger partial charge on any atom is 0.221 e. The molecule has 0 unspecified atom stereocenters. The SMILES string of the molecule is CCNC(=NCCc1ccc(NC(C)=O)cc1)NC1CCN(c2cccs2)CC1. The van der Waals surface area contributed by atoms with E-state index in [9.17, 15) is 4.79 Å². The van der Waals surface area contributed by atoms with Gasteiger partial charge < -0.3 is 20.9 Å². The lowest BCUT2D eigenvalue weighted by Gasteiger charge is -2.33.